The van der Waals surface area contributed by atoms with E-state index in [2.05, 4.69) is 34.0 Å². The fourth-order valence-corrected chi connectivity index (χ4v) is 3.77. The van der Waals surface area contributed by atoms with E-state index in [1.807, 2.05) is 17.0 Å². The van der Waals surface area contributed by atoms with Crippen LogP contribution in [0.25, 0.3) is 10.9 Å². The molecule has 0 atom stereocenters. The van der Waals surface area contributed by atoms with Crippen molar-refractivity contribution in [3.63, 3.8) is 0 Å². The summed E-state index contributed by atoms with van der Waals surface area (Å²) in [6.07, 6.45) is 3.41. The minimum Gasteiger partial charge on any atom is -0.380 e. The molecule has 0 saturated carbocycles. The number of nitrogens with one attached hydrogen (secondary N) is 2. The lowest BCUT2D eigenvalue weighted by atomic mass is 10.1. The third kappa shape index (κ3) is 3.78. The zero-order valence-corrected chi connectivity index (χ0v) is 17.0. The number of carbonyl (C=O) groups excluding carboxylic acids is 1. The van der Waals surface area contributed by atoms with Crippen molar-refractivity contribution in [2.45, 2.75) is 19.9 Å². The standard InChI is InChI=1S/C21H24N6O3/c1-14(2)24-18-4-3-7-22-20(18)25-8-10-26(11-9-25)21(28)17-13-23-19-12-15(27(29)30)5-6-16(17)19/h3-7,12-14,23-24H,8-11H2,1-2H3. The van der Waals surface area contributed by atoms with Crippen molar-refractivity contribution in [3.8, 4) is 0 Å². The van der Waals surface area contributed by atoms with Gasteiger partial charge in [0.25, 0.3) is 11.6 Å². The third-order valence-corrected chi connectivity index (χ3v) is 5.20. The molecule has 9 heteroatoms. The molecule has 1 saturated heterocycles. The summed E-state index contributed by atoms with van der Waals surface area (Å²) in [4.78, 5) is 35.1. The molecule has 3 aromatic rings. The van der Waals surface area contributed by atoms with Crippen LogP contribution >= 0.6 is 0 Å². The van der Waals surface area contributed by atoms with Crippen LogP contribution < -0.4 is 10.2 Å². The maximum Gasteiger partial charge on any atom is 0.271 e. The van der Waals surface area contributed by atoms with Crippen molar-refractivity contribution >= 4 is 34.0 Å². The molecule has 0 aliphatic carbocycles. The number of fused-ring (bicyclic) bond motifs is 1. The first kappa shape index (κ1) is 19.7. The van der Waals surface area contributed by atoms with Crippen LogP contribution in [-0.4, -0.2) is 57.9 Å². The van der Waals surface area contributed by atoms with Gasteiger partial charge in [-0.05, 0) is 32.0 Å². The number of benzene rings is 1. The molecule has 2 N–H and O–H groups in total. The Morgan fingerprint density at radius 3 is 2.70 bits per heavy atom. The Morgan fingerprint density at radius 2 is 2.00 bits per heavy atom. The molecule has 2 aromatic heterocycles. The molecule has 0 radical (unpaired) electrons. The summed E-state index contributed by atoms with van der Waals surface area (Å²) in [6.45, 7) is 6.70. The SMILES string of the molecule is CC(C)Nc1cccnc1N1CCN(C(=O)c2c[nH]c3cc([N+](=O)[O-])ccc23)CC1. The van der Waals surface area contributed by atoms with Crippen LogP contribution in [0.5, 0.6) is 0 Å². The summed E-state index contributed by atoms with van der Waals surface area (Å²) in [6, 6.07) is 8.74. The Bertz CT molecular complexity index is 1090. The number of anilines is 2. The quantitative estimate of drug-likeness (QED) is 0.496. The predicted molar refractivity (Wildman–Crippen MR) is 116 cm³/mol. The number of aromatic nitrogens is 2. The maximum absolute atomic E-state index is 13.1. The van der Waals surface area contributed by atoms with Gasteiger partial charge >= 0.3 is 0 Å². The fourth-order valence-electron chi connectivity index (χ4n) is 3.77. The number of carbonyl (C=O) groups is 1. The number of non-ortho nitro benzene ring substituents is 1. The van der Waals surface area contributed by atoms with Gasteiger partial charge in [0.05, 0.1) is 21.7 Å². The van der Waals surface area contributed by atoms with E-state index in [9.17, 15) is 14.9 Å². The van der Waals surface area contributed by atoms with E-state index in [1.54, 1.807) is 18.5 Å². The summed E-state index contributed by atoms with van der Waals surface area (Å²) in [5.74, 6) is 0.828. The summed E-state index contributed by atoms with van der Waals surface area (Å²) >= 11 is 0. The second-order valence-electron chi connectivity index (χ2n) is 7.64. The number of nitro groups is 1. The number of hydrogen-bond acceptors (Lipinski definition) is 6. The summed E-state index contributed by atoms with van der Waals surface area (Å²) < 4.78 is 0. The highest BCUT2D eigenvalue weighted by Crippen LogP contribution is 2.27. The molecule has 4 rings (SSSR count). The van der Waals surface area contributed by atoms with E-state index < -0.39 is 4.92 Å². The van der Waals surface area contributed by atoms with Crippen LogP contribution in [0.4, 0.5) is 17.2 Å². The van der Waals surface area contributed by atoms with Crippen LogP contribution in [0.2, 0.25) is 0 Å². The van der Waals surface area contributed by atoms with Crippen molar-refractivity contribution in [3.05, 3.63) is 58.4 Å². The number of aromatic amines is 1. The number of hydrogen-bond donors (Lipinski definition) is 2. The van der Waals surface area contributed by atoms with Gasteiger partial charge in [0.15, 0.2) is 5.82 Å². The monoisotopic (exact) mass is 408 g/mol. The molecule has 30 heavy (non-hydrogen) atoms. The van der Waals surface area contributed by atoms with E-state index in [0.29, 0.717) is 48.7 Å². The molecule has 0 spiro atoms. The molecule has 3 heterocycles. The highest BCUT2D eigenvalue weighted by atomic mass is 16.6. The van der Waals surface area contributed by atoms with Crippen LogP contribution in [0, 0.1) is 10.1 Å². The van der Waals surface area contributed by atoms with E-state index in [4.69, 9.17) is 0 Å². The van der Waals surface area contributed by atoms with E-state index >= 15 is 0 Å². The largest absolute Gasteiger partial charge is 0.380 e. The zero-order valence-electron chi connectivity index (χ0n) is 17.0. The highest BCUT2D eigenvalue weighted by Gasteiger charge is 2.26. The fraction of sp³-hybridized carbons (Fsp3) is 0.333. The molecule has 0 bridgehead atoms. The van der Waals surface area contributed by atoms with Crippen molar-refractivity contribution < 1.29 is 9.72 Å². The van der Waals surface area contributed by atoms with Gasteiger partial charge in [-0.3, -0.25) is 14.9 Å². The van der Waals surface area contributed by atoms with E-state index in [1.165, 1.54) is 12.1 Å². The van der Waals surface area contributed by atoms with Crippen LogP contribution in [-0.2, 0) is 0 Å². The molecule has 1 aromatic carbocycles. The number of pyridine rings is 1. The zero-order chi connectivity index (χ0) is 21.3. The molecule has 156 valence electrons. The van der Waals surface area contributed by atoms with E-state index in [0.717, 1.165) is 11.5 Å². The number of amides is 1. The molecule has 9 nitrogen and oxygen atoms in total. The van der Waals surface area contributed by atoms with Gasteiger partial charge in [0.2, 0.25) is 0 Å². The summed E-state index contributed by atoms with van der Waals surface area (Å²) in [7, 11) is 0. The predicted octanol–water partition coefficient (Wildman–Crippen LogP) is 3.25. The van der Waals surface area contributed by atoms with Crippen LogP contribution in [0.1, 0.15) is 24.2 Å². The Labute approximate surface area is 173 Å². The van der Waals surface area contributed by atoms with E-state index in [-0.39, 0.29) is 11.6 Å². The first-order chi connectivity index (χ1) is 14.4. The minimum atomic E-state index is -0.443. The van der Waals surface area contributed by atoms with Crippen LogP contribution in [0.15, 0.2) is 42.7 Å². The van der Waals surface area contributed by atoms with Gasteiger partial charge in [0.1, 0.15) is 0 Å². The minimum absolute atomic E-state index is 0.00173. The number of piperazine rings is 1. The lowest BCUT2D eigenvalue weighted by Gasteiger charge is -2.36. The molecular formula is C21H24N6O3. The average molecular weight is 408 g/mol. The van der Waals surface area contributed by atoms with Gasteiger partial charge < -0.3 is 20.1 Å². The second-order valence-corrected chi connectivity index (χ2v) is 7.64. The number of H-pyrrole nitrogens is 1. The topological polar surface area (TPSA) is 107 Å². The average Bonchev–Trinajstić information content (AvgIpc) is 3.16. The number of rotatable bonds is 5. The van der Waals surface area contributed by atoms with Gasteiger partial charge in [-0.15, -0.1) is 0 Å². The molecule has 1 aliphatic rings. The Kier molecular flexibility index (Phi) is 5.26. The van der Waals surface area contributed by atoms with Gasteiger partial charge in [0, 0.05) is 62.1 Å². The second kappa shape index (κ2) is 8.02. The maximum atomic E-state index is 13.1. The molecule has 1 fully saturated rings. The number of nitrogens with zero attached hydrogens (tertiary/aromatic N) is 4. The molecule has 0 unspecified atom stereocenters. The van der Waals surface area contributed by atoms with Gasteiger partial charge in [-0.2, -0.15) is 0 Å². The number of nitro benzene ring substituents is 1. The normalized spacial score (nSPS) is 14.4. The van der Waals surface area contributed by atoms with Crippen LogP contribution in [0.3, 0.4) is 0 Å². The van der Waals surface area contributed by atoms with Crippen molar-refractivity contribution in [1.29, 1.82) is 0 Å². The van der Waals surface area contributed by atoms with Crippen molar-refractivity contribution in [2.24, 2.45) is 0 Å². The highest BCUT2D eigenvalue weighted by molar-refractivity contribution is 6.07. The van der Waals surface area contributed by atoms with Gasteiger partial charge in [-0.25, -0.2) is 4.98 Å². The van der Waals surface area contributed by atoms with Gasteiger partial charge in [-0.1, -0.05) is 0 Å². The molecule has 1 amide bonds. The Balaban J connectivity index is 1.48. The first-order valence-electron chi connectivity index (χ1n) is 9.95. The lowest BCUT2D eigenvalue weighted by Crippen LogP contribution is -2.49. The Morgan fingerprint density at radius 1 is 1.23 bits per heavy atom. The Hall–Kier alpha value is -3.62. The first-order valence-corrected chi connectivity index (χ1v) is 9.95. The van der Waals surface area contributed by atoms with Crippen molar-refractivity contribution in [2.75, 3.05) is 36.4 Å². The third-order valence-electron chi connectivity index (χ3n) is 5.20. The molecule has 1 aliphatic heterocycles. The summed E-state index contributed by atoms with van der Waals surface area (Å²) in [5.41, 5.74) is 2.11. The smallest absolute Gasteiger partial charge is 0.271 e. The van der Waals surface area contributed by atoms with Crippen molar-refractivity contribution in [1.82, 2.24) is 14.9 Å². The lowest BCUT2D eigenvalue weighted by molar-refractivity contribution is -0.384. The molecular weight excluding hydrogens is 384 g/mol. The summed E-state index contributed by atoms with van der Waals surface area (Å²) in [5, 5.41) is 15.1.